The van der Waals surface area contributed by atoms with Crippen molar-refractivity contribution in [1.29, 1.82) is 0 Å². The Labute approximate surface area is 206 Å². The summed E-state index contributed by atoms with van der Waals surface area (Å²) in [5, 5.41) is 16.7. The fraction of sp³-hybridized carbons (Fsp3) is 0.560. The minimum atomic E-state index is -0.769. The van der Waals surface area contributed by atoms with E-state index < -0.39 is 23.6 Å². The van der Waals surface area contributed by atoms with E-state index >= 15 is 0 Å². The molecule has 0 saturated heterocycles. The van der Waals surface area contributed by atoms with Crippen molar-refractivity contribution in [1.82, 2.24) is 25.4 Å². The summed E-state index contributed by atoms with van der Waals surface area (Å²) in [5.41, 5.74) is 0.884. The van der Waals surface area contributed by atoms with Crippen LogP contribution in [0, 0.1) is 5.92 Å². The summed E-state index contributed by atoms with van der Waals surface area (Å²) in [5.74, 6) is 0.879. The molecule has 1 unspecified atom stereocenters. The normalized spacial score (nSPS) is 14.5. The van der Waals surface area contributed by atoms with E-state index in [1.807, 2.05) is 38.1 Å². The van der Waals surface area contributed by atoms with Gasteiger partial charge in [-0.2, -0.15) is 0 Å². The minimum Gasteiger partial charge on any atom is -0.444 e. The molecule has 1 aliphatic rings. The number of aryl methyl sites for hydroxylation is 1. The minimum absolute atomic E-state index is 0.161. The predicted octanol–water partition coefficient (Wildman–Crippen LogP) is 3.28. The summed E-state index contributed by atoms with van der Waals surface area (Å²) >= 11 is 0. The molecule has 190 valence electrons. The standard InChI is InChI=1S/C25H36N6O4/c1-16(2)21(28-20(32)15-26-24(34)35-25(3,4)5)23(33)27-18-12-10-17(11-13-18)22-30-29-19-9-7-6-8-14-31(19)22/h10-13,16,21H,6-9,14-15H2,1-5H3,(H,26,34)(H,27,33)(H,28,32). The van der Waals surface area contributed by atoms with Crippen LogP contribution >= 0.6 is 0 Å². The summed E-state index contributed by atoms with van der Waals surface area (Å²) in [6.07, 6.45) is 3.69. The Morgan fingerprint density at radius 2 is 1.77 bits per heavy atom. The Bertz CT molecular complexity index is 1040. The first-order valence-corrected chi connectivity index (χ1v) is 12.1. The number of hydrogen-bond acceptors (Lipinski definition) is 6. The largest absolute Gasteiger partial charge is 0.444 e. The molecule has 1 aromatic carbocycles. The molecule has 10 nitrogen and oxygen atoms in total. The molecular formula is C25H36N6O4. The number of rotatable bonds is 7. The van der Waals surface area contributed by atoms with Gasteiger partial charge in [-0.1, -0.05) is 20.3 Å². The Kier molecular flexibility index (Phi) is 8.48. The van der Waals surface area contributed by atoms with Crippen LogP contribution in [0.5, 0.6) is 0 Å². The molecule has 0 radical (unpaired) electrons. The zero-order valence-corrected chi connectivity index (χ0v) is 21.2. The number of nitrogens with zero attached hydrogens (tertiary/aromatic N) is 3. The van der Waals surface area contributed by atoms with E-state index in [1.165, 1.54) is 6.42 Å². The van der Waals surface area contributed by atoms with Gasteiger partial charge in [0.1, 0.15) is 24.0 Å². The Balaban J connectivity index is 1.58. The van der Waals surface area contributed by atoms with E-state index in [4.69, 9.17) is 4.74 Å². The van der Waals surface area contributed by atoms with E-state index in [0.717, 1.165) is 43.0 Å². The maximum absolute atomic E-state index is 12.9. The molecule has 0 aliphatic carbocycles. The third-order valence-electron chi connectivity index (χ3n) is 5.58. The van der Waals surface area contributed by atoms with Crippen molar-refractivity contribution in [3.8, 4) is 11.4 Å². The third-order valence-corrected chi connectivity index (χ3v) is 5.58. The molecule has 0 saturated carbocycles. The van der Waals surface area contributed by atoms with Crippen molar-refractivity contribution < 1.29 is 19.1 Å². The fourth-order valence-electron chi connectivity index (χ4n) is 3.85. The van der Waals surface area contributed by atoms with Gasteiger partial charge in [0.15, 0.2) is 5.82 Å². The number of anilines is 1. The molecule has 0 spiro atoms. The predicted molar refractivity (Wildman–Crippen MR) is 133 cm³/mol. The first-order chi connectivity index (χ1) is 16.5. The number of carbonyl (C=O) groups excluding carboxylic acids is 3. The number of benzene rings is 1. The van der Waals surface area contributed by atoms with Crippen molar-refractivity contribution in [2.45, 2.75) is 78.5 Å². The molecular weight excluding hydrogens is 448 g/mol. The molecule has 0 fully saturated rings. The number of carbonyl (C=O) groups is 3. The van der Waals surface area contributed by atoms with Gasteiger partial charge in [0.25, 0.3) is 0 Å². The molecule has 3 amide bonds. The smallest absolute Gasteiger partial charge is 0.408 e. The number of nitrogens with one attached hydrogen (secondary N) is 3. The van der Waals surface area contributed by atoms with Crippen molar-refractivity contribution in [3.63, 3.8) is 0 Å². The highest BCUT2D eigenvalue weighted by molar-refractivity contribution is 5.98. The van der Waals surface area contributed by atoms with Crippen LogP contribution in [0.4, 0.5) is 10.5 Å². The lowest BCUT2D eigenvalue weighted by molar-refractivity contribution is -0.126. The highest BCUT2D eigenvalue weighted by Gasteiger charge is 2.25. The van der Waals surface area contributed by atoms with E-state index in [1.54, 1.807) is 20.8 Å². The Morgan fingerprint density at radius 3 is 2.43 bits per heavy atom. The average Bonchev–Trinajstić information content (AvgIpc) is 3.03. The number of hydrogen-bond donors (Lipinski definition) is 3. The van der Waals surface area contributed by atoms with Crippen LogP contribution in [0.3, 0.4) is 0 Å². The van der Waals surface area contributed by atoms with Gasteiger partial charge in [-0.25, -0.2) is 4.79 Å². The molecule has 35 heavy (non-hydrogen) atoms. The zero-order chi connectivity index (χ0) is 25.6. The van der Waals surface area contributed by atoms with Crippen molar-refractivity contribution in [2.75, 3.05) is 11.9 Å². The van der Waals surface area contributed by atoms with Gasteiger partial charge < -0.3 is 25.3 Å². The lowest BCUT2D eigenvalue weighted by atomic mass is 10.0. The van der Waals surface area contributed by atoms with Crippen molar-refractivity contribution in [3.05, 3.63) is 30.1 Å². The Morgan fingerprint density at radius 1 is 1.06 bits per heavy atom. The van der Waals surface area contributed by atoms with Gasteiger partial charge in [-0.05, 0) is 63.8 Å². The molecule has 10 heteroatoms. The first kappa shape index (κ1) is 26.2. The number of aromatic nitrogens is 3. The SMILES string of the molecule is CC(C)C(NC(=O)CNC(=O)OC(C)(C)C)C(=O)Nc1ccc(-c2nnc3n2CCCCC3)cc1. The van der Waals surface area contributed by atoms with E-state index in [0.29, 0.717) is 5.69 Å². The highest BCUT2D eigenvalue weighted by Crippen LogP contribution is 2.24. The summed E-state index contributed by atoms with van der Waals surface area (Å²) in [7, 11) is 0. The molecule has 1 aliphatic heterocycles. The third kappa shape index (κ3) is 7.53. The second-order valence-corrected chi connectivity index (χ2v) is 10.1. The van der Waals surface area contributed by atoms with E-state index in [9.17, 15) is 14.4 Å². The number of fused-ring (bicyclic) bond motifs is 1. The van der Waals surface area contributed by atoms with Crippen LogP contribution in [-0.4, -0.2) is 50.9 Å². The topological polar surface area (TPSA) is 127 Å². The molecule has 1 atom stereocenters. The van der Waals surface area contributed by atoms with Gasteiger partial charge in [-0.3, -0.25) is 9.59 Å². The molecule has 3 rings (SSSR count). The van der Waals surface area contributed by atoms with Crippen LogP contribution in [-0.2, 0) is 27.3 Å². The fourth-order valence-corrected chi connectivity index (χ4v) is 3.85. The Hall–Kier alpha value is -3.43. The number of amides is 3. The number of alkyl carbamates (subject to hydrolysis) is 1. The highest BCUT2D eigenvalue weighted by atomic mass is 16.6. The second-order valence-electron chi connectivity index (χ2n) is 10.1. The molecule has 1 aromatic heterocycles. The lowest BCUT2D eigenvalue weighted by Gasteiger charge is -2.22. The monoisotopic (exact) mass is 484 g/mol. The quantitative estimate of drug-likeness (QED) is 0.553. The van der Waals surface area contributed by atoms with Crippen LogP contribution in [0.25, 0.3) is 11.4 Å². The first-order valence-electron chi connectivity index (χ1n) is 12.1. The zero-order valence-electron chi connectivity index (χ0n) is 21.2. The van der Waals surface area contributed by atoms with Crippen LogP contribution in [0.2, 0.25) is 0 Å². The van der Waals surface area contributed by atoms with Gasteiger partial charge >= 0.3 is 6.09 Å². The molecule has 2 heterocycles. The maximum atomic E-state index is 12.9. The summed E-state index contributed by atoms with van der Waals surface area (Å²) in [6.45, 7) is 9.51. The van der Waals surface area contributed by atoms with Crippen LogP contribution in [0.15, 0.2) is 24.3 Å². The lowest BCUT2D eigenvalue weighted by Crippen LogP contribution is -2.50. The van der Waals surface area contributed by atoms with Crippen molar-refractivity contribution >= 4 is 23.6 Å². The van der Waals surface area contributed by atoms with Gasteiger partial charge in [0.2, 0.25) is 11.8 Å². The van der Waals surface area contributed by atoms with Gasteiger partial charge in [0.05, 0.1) is 0 Å². The average molecular weight is 485 g/mol. The molecule has 0 bridgehead atoms. The summed E-state index contributed by atoms with van der Waals surface area (Å²) in [4.78, 5) is 37.0. The molecule has 2 aromatic rings. The van der Waals surface area contributed by atoms with Gasteiger partial charge in [-0.15, -0.1) is 10.2 Å². The van der Waals surface area contributed by atoms with E-state index in [2.05, 4.69) is 30.7 Å². The van der Waals surface area contributed by atoms with Gasteiger partial charge in [0, 0.05) is 24.2 Å². The number of ether oxygens (including phenoxy) is 1. The van der Waals surface area contributed by atoms with Crippen LogP contribution < -0.4 is 16.0 Å². The maximum Gasteiger partial charge on any atom is 0.408 e. The van der Waals surface area contributed by atoms with Crippen LogP contribution in [0.1, 0.15) is 59.7 Å². The summed E-state index contributed by atoms with van der Waals surface area (Å²) < 4.78 is 7.30. The second kappa shape index (κ2) is 11.3. The molecule has 3 N–H and O–H groups in total. The van der Waals surface area contributed by atoms with Crippen molar-refractivity contribution in [2.24, 2.45) is 5.92 Å². The van der Waals surface area contributed by atoms with E-state index in [-0.39, 0.29) is 18.4 Å². The summed E-state index contributed by atoms with van der Waals surface area (Å²) in [6, 6.07) is 6.68.